The van der Waals surface area contributed by atoms with Crippen molar-refractivity contribution in [1.29, 1.82) is 0 Å². The summed E-state index contributed by atoms with van der Waals surface area (Å²) < 4.78 is 1.09. The van der Waals surface area contributed by atoms with Crippen LogP contribution in [0, 0.1) is 5.92 Å². The summed E-state index contributed by atoms with van der Waals surface area (Å²) in [7, 11) is 0. The Hall–Kier alpha value is -0.0900. The van der Waals surface area contributed by atoms with Crippen molar-refractivity contribution in [2.45, 2.75) is 19.4 Å². The van der Waals surface area contributed by atoms with Gasteiger partial charge in [-0.3, -0.25) is 4.90 Å². The quantitative estimate of drug-likeness (QED) is 0.927. The molecule has 1 heterocycles. The number of nitrogens with two attached hydrogens (primary N) is 1. The molecule has 0 radical (unpaired) electrons. The molecule has 1 fully saturated rings. The van der Waals surface area contributed by atoms with E-state index < -0.39 is 0 Å². The van der Waals surface area contributed by atoms with Crippen LogP contribution in [0.2, 0.25) is 5.02 Å². The van der Waals surface area contributed by atoms with Gasteiger partial charge in [-0.25, -0.2) is 0 Å². The zero-order valence-electron chi connectivity index (χ0n) is 9.83. The minimum absolute atomic E-state index is 0.648. The van der Waals surface area contributed by atoms with Crippen molar-refractivity contribution in [2.24, 2.45) is 11.7 Å². The molecule has 0 aromatic heterocycles. The van der Waals surface area contributed by atoms with Gasteiger partial charge in [-0.15, -0.1) is 0 Å². The topological polar surface area (TPSA) is 29.3 Å². The van der Waals surface area contributed by atoms with Crippen LogP contribution in [0.5, 0.6) is 0 Å². The summed E-state index contributed by atoms with van der Waals surface area (Å²) in [6, 6.07) is 6.03. The van der Waals surface area contributed by atoms with Crippen molar-refractivity contribution < 1.29 is 0 Å². The number of likely N-dealkylation sites (tertiary alicyclic amines) is 1. The second-order valence-electron chi connectivity index (χ2n) is 4.71. The summed E-state index contributed by atoms with van der Waals surface area (Å²) >= 11 is 9.70. The first-order valence-corrected chi connectivity index (χ1v) is 7.22. The smallest absolute Gasteiger partial charge is 0.0451 e. The predicted molar refractivity (Wildman–Crippen MR) is 76.2 cm³/mol. The Morgan fingerprint density at radius 3 is 3.06 bits per heavy atom. The number of rotatable bonds is 3. The molecule has 1 saturated heterocycles. The standard InChI is InChI=1S/C13H18BrClN2/c14-12-3-4-13(15)11(6-12)9-17-5-1-2-10(7-16)8-17/h3-4,6,10H,1-2,5,7-9,16H2. The normalized spacial score (nSPS) is 21.7. The maximum absolute atomic E-state index is 6.21. The van der Waals surface area contributed by atoms with Gasteiger partial charge in [0, 0.05) is 22.6 Å². The van der Waals surface area contributed by atoms with Crippen molar-refractivity contribution in [1.82, 2.24) is 4.90 Å². The molecule has 0 aliphatic carbocycles. The van der Waals surface area contributed by atoms with Crippen LogP contribution in [0.4, 0.5) is 0 Å². The number of hydrogen-bond donors (Lipinski definition) is 1. The molecule has 2 nitrogen and oxygen atoms in total. The van der Waals surface area contributed by atoms with E-state index in [4.69, 9.17) is 17.3 Å². The third-order valence-electron chi connectivity index (χ3n) is 3.34. The van der Waals surface area contributed by atoms with Crippen molar-refractivity contribution >= 4 is 27.5 Å². The first-order valence-electron chi connectivity index (χ1n) is 6.05. The highest BCUT2D eigenvalue weighted by molar-refractivity contribution is 9.10. The molecule has 1 atom stereocenters. The first-order chi connectivity index (χ1) is 8.19. The minimum atomic E-state index is 0.648. The van der Waals surface area contributed by atoms with Gasteiger partial charge in [0.05, 0.1) is 0 Å². The highest BCUT2D eigenvalue weighted by atomic mass is 79.9. The van der Waals surface area contributed by atoms with Gasteiger partial charge >= 0.3 is 0 Å². The summed E-state index contributed by atoms with van der Waals surface area (Å²) in [5.41, 5.74) is 6.95. The zero-order valence-corrected chi connectivity index (χ0v) is 12.2. The van der Waals surface area contributed by atoms with Crippen LogP contribution >= 0.6 is 27.5 Å². The van der Waals surface area contributed by atoms with Gasteiger partial charge in [-0.05, 0) is 55.6 Å². The molecule has 0 amide bonds. The lowest BCUT2D eigenvalue weighted by Crippen LogP contribution is -2.37. The fourth-order valence-corrected chi connectivity index (χ4v) is 2.98. The van der Waals surface area contributed by atoms with Crippen molar-refractivity contribution in [3.8, 4) is 0 Å². The Balaban J connectivity index is 2.02. The minimum Gasteiger partial charge on any atom is -0.330 e. The van der Waals surface area contributed by atoms with E-state index in [9.17, 15) is 0 Å². The molecule has 1 unspecified atom stereocenters. The Morgan fingerprint density at radius 2 is 2.29 bits per heavy atom. The molecule has 17 heavy (non-hydrogen) atoms. The van der Waals surface area contributed by atoms with E-state index in [2.05, 4.69) is 26.9 Å². The first kappa shape index (κ1) is 13.3. The third-order valence-corrected chi connectivity index (χ3v) is 4.20. The van der Waals surface area contributed by atoms with E-state index in [1.165, 1.54) is 18.4 Å². The molecular weight excluding hydrogens is 300 g/mol. The van der Waals surface area contributed by atoms with Crippen molar-refractivity contribution in [2.75, 3.05) is 19.6 Å². The van der Waals surface area contributed by atoms with Gasteiger partial charge in [0.15, 0.2) is 0 Å². The molecule has 1 aliphatic rings. The summed E-state index contributed by atoms with van der Waals surface area (Å²) in [6.45, 7) is 3.97. The fourth-order valence-electron chi connectivity index (χ4n) is 2.39. The van der Waals surface area contributed by atoms with Gasteiger partial charge < -0.3 is 5.73 Å². The molecule has 1 aromatic carbocycles. The number of piperidine rings is 1. The number of benzene rings is 1. The molecular formula is C13H18BrClN2. The molecule has 1 aliphatic heterocycles. The SMILES string of the molecule is NCC1CCCN(Cc2cc(Br)ccc2Cl)C1. The molecule has 2 N–H and O–H groups in total. The largest absolute Gasteiger partial charge is 0.330 e. The summed E-state index contributed by atoms with van der Waals surface area (Å²) in [4.78, 5) is 2.45. The van der Waals surface area contributed by atoms with Crippen molar-refractivity contribution in [3.05, 3.63) is 33.3 Å². The maximum Gasteiger partial charge on any atom is 0.0451 e. The average Bonchev–Trinajstić information content (AvgIpc) is 2.34. The summed E-state index contributed by atoms with van der Waals surface area (Å²) in [6.07, 6.45) is 2.51. The third kappa shape index (κ3) is 3.68. The highest BCUT2D eigenvalue weighted by Gasteiger charge is 2.19. The van der Waals surface area contributed by atoms with Gasteiger partial charge in [-0.2, -0.15) is 0 Å². The number of halogens is 2. The fraction of sp³-hybridized carbons (Fsp3) is 0.538. The van der Waals surface area contributed by atoms with E-state index in [1.54, 1.807) is 0 Å². The molecule has 4 heteroatoms. The lowest BCUT2D eigenvalue weighted by atomic mass is 9.98. The van der Waals surface area contributed by atoms with Crippen LogP contribution in [0.1, 0.15) is 18.4 Å². The van der Waals surface area contributed by atoms with Crippen LogP contribution in [0.3, 0.4) is 0 Å². The second-order valence-corrected chi connectivity index (χ2v) is 6.04. The van der Waals surface area contributed by atoms with Gasteiger partial charge in [0.25, 0.3) is 0 Å². The van der Waals surface area contributed by atoms with Gasteiger partial charge in [-0.1, -0.05) is 27.5 Å². The lowest BCUT2D eigenvalue weighted by Gasteiger charge is -2.32. The monoisotopic (exact) mass is 316 g/mol. The molecule has 1 aromatic rings. The molecule has 0 spiro atoms. The van der Waals surface area contributed by atoms with E-state index in [-0.39, 0.29) is 0 Å². The molecule has 0 saturated carbocycles. The maximum atomic E-state index is 6.21. The lowest BCUT2D eigenvalue weighted by molar-refractivity contribution is 0.171. The Kier molecular flexibility index (Phi) is 4.86. The molecule has 94 valence electrons. The van der Waals surface area contributed by atoms with Crippen LogP contribution in [0.15, 0.2) is 22.7 Å². The Labute approximate surface area is 116 Å². The Bertz CT molecular complexity index is 384. The highest BCUT2D eigenvalue weighted by Crippen LogP contribution is 2.24. The second kappa shape index (κ2) is 6.19. The van der Waals surface area contributed by atoms with Crippen LogP contribution in [-0.2, 0) is 6.54 Å². The van der Waals surface area contributed by atoms with Crippen LogP contribution in [-0.4, -0.2) is 24.5 Å². The summed E-state index contributed by atoms with van der Waals surface area (Å²) in [5.74, 6) is 0.648. The van der Waals surface area contributed by atoms with Gasteiger partial charge in [0.1, 0.15) is 0 Å². The van der Waals surface area contributed by atoms with Gasteiger partial charge in [0.2, 0.25) is 0 Å². The van der Waals surface area contributed by atoms with Crippen molar-refractivity contribution in [3.63, 3.8) is 0 Å². The average molecular weight is 318 g/mol. The number of hydrogen-bond acceptors (Lipinski definition) is 2. The van der Waals surface area contributed by atoms with E-state index in [0.717, 1.165) is 35.7 Å². The van der Waals surface area contributed by atoms with E-state index >= 15 is 0 Å². The predicted octanol–water partition coefficient (Wildman–Crippen LogP) is 3.27. The van der Waals surface area contributed by atoms with E-state index in [1.807, 2.05) is 12.1 Å². The molecule has 0 bridgehead atoms. The number of nitrogens with zero attached hydrogens (tertiary/aromatic N) is 1. The van der Waals surface area contributed by atoms with Crippen LogP contribution in [0.25, 0.3) is 0 Å². The zero-order chi connectivity index (χ0) is 12.3. The Morgan fingerprint density at radius 1 is 1.47 bits per heavy atom. The van der Waals surface area contributed by atoms with Crippen LogP contribution < -0.4 is 5.73 Å². The van der Waals surface area contributed by atoms with E-state index in [0.29, 0.717) is 5.92 Å². The summed E-state index contributed by atoms with van der Waals surface area (Å²) in [5, 5.41) is 0.850. The molecule has 2 rings (SSSR count).